The van der Waals surface area contributed by atoms with E-state index in [4.69, 9.17) is 0 Å². The minimum Gasteiger partial charge on any atom is -0.310 e. The second-order valence-electron chi connectivity index (χ2n) is 5.11. The van der Waals surface area contributed by atoms with Crippen LogP contribution in [0.2, 0.25) is 0 Å². The Morgan fingerprint density at radius 3 is 2.53 bits per heavy atom. The van der Waals surface area contributed by atoms with Crippen molar-refractivity contribution in [2.45, 2.75) is 40.2 Å². The lowest BCUT2D eigenvalue weighted by Crippen LogP contribution is -2.16. The molecule has 3 heteroatoms. The summed E-state index contributed by atoms with van der Waals surface area (Å²) in [5.41, 5.74) is 4.01. The van der Waals surface area contributed by atoms with E-state index in [0.717, 1.165) is 13.0 Å². The van der Waals surface area contributed by atoms with Crippen LogP contribution in [-0.2, 0) is 6.42 Å². The van der Waals surface area contributed by atoms with Crippen molar-refractivity contribution >= 4 is 11.3 Å². The average Bonchev–Trinajstić information content (AvgIpc) is 2.76. The Morgan fingerprint density at radius 2 is 1.89 bits per heavy atom. The van der Waals surface area contributed by atoms with Crippen LogP contribution in [0.3, 0.4) is 0 Å². The van der Waals surface area contributed by atoms with E-state index >= 15 is 0 Å². The Balaban J connectivity index is 2.11. The normalized spacial score (nSPS) is 12.6. The van der Waals surface area contributed by atoms with Crippen molar-refractivity contribution in [1.82, 2.24) is 10.3 Å². The zero-order chi connectivity index (χ0) is 13.8. The molecule has 1 unspecified atom stereocenters. The summed E-state index contributed by atoms with van der Waals surface area (Å²) < 4.78 is 0. The number of rotatable bonds is 5. The maximum Gasteiger partial charge on any atom is 0.0972 e. The fourth-order valence-electron chi connectivity index (χ4n) is 2.36. The van der Waals surface area contributed by atoms with E-state index in [2.05, 4.69) is 56.2 Å². The lowest BCUT2D eigenvalue weighted by atomic mass is 10.1. The van der Waals surface area contributed by atoms with Gasteiger partial charge in [0.25, 0.3) is 0 Å². The highest BCUT2D eigenvalue weighted by atomic mass is 32.1. The maximum atomic E-state index is 4.55. The fourth-order valence-corrected chi connectivity index (χ4v) is 3.34. The molecule has 0 bridgehead atoms. The van der Waals surface area contributed by atoms with Crippen LogP contribution in [0, 0.1) is 13.8 Å². The predicted octanol–water partition coefficient (Wildman–Crippen LogP) is 4.02. The van der Waals surface area contributed by atoms with Gasteiger partial charge in [-0.15, -0.1) is 11.3 Å². The molecule has 0 spiro atoms. The molecule has 19 heavy (non-hydrogen) atoms. The lowest BCUT2D eigenvalue weighted by molar-refractivity contribution is 0.606. The van der Waals surface area contributed by atoms with Crippen molar-refractivity contribution in [1.29, 1.82) is 0 Å². The van der Waals surface area contributed by atoms with E-state index in [-0.39, 0.29) is 0 Å². The van der Waals surface area contributed by atoms with Gasteiger partial charge in [-0.3, -0.25) is 0 Å². The molecule has 0 aliphatic rings. The monoisotopic (exact) mass is 274 g/mol. The zero-order valence-corrected chi connectivity index (χ0v) is 13.0. The van der Waals surface area contributed by atoms with Crippen LogP contribution in [0.4, 0.5) is 0 Å². The van der Waals surface area contributed by atoms with Crippen LogP contribution in [-0.4, -0.2) is 11.5 Å². The van der Waals surface area contributed by atoms with Crippen molar-refractivity contribution in [2.24, 2.45) is 0 Å². The molecular formula is C16H22N2S. The highest BCUT2D eigenvalue weighted by Crippen LogP contribution is 2.23. The summed E-state index contributed by atoms with van der Waals surface area (Å²) in [6.07, 6.45) is 2.95. The molecule has 0 aliphatic heterocycles. The van der Waals surface area contributed by atoms with Crippen molar-refractivity contribution < 1.29 is 0 Å². The van der Waals surface area contributed by atoms with E-state index in [1.807, 2.05) is 17.5 Å². The van der Waals surface area contributed by atoms with E-state index in [9.17, 15) is 0 Å². The zero-order valence-electron chi connectivity index (χ0n) is 12.2. The smallest absolute Gasteiger partial charge is 0.0972 e. The number of benzene rings is 1. The molecule has 0 saturated heterocycles. The number of thiazole rings is 1. The van der Waals surface area contributed by atoms with Crippen LogP contribution in [0.5, 0.6) is 0 Å². The van der Waals surface area contributed by atoms with E-state index in [1.165, 1.54) is 26.6 Å². The van der Waals surface area contributed by atoms with Crippen molar-refractivity contribution in [3.63, 3.8) is 0 Å². The summed E-state index contributed by atoms with van der Waals surface area (Å²) in [5.74, 6) is 0. The molecule has 0 radical (unpaired) electrons. The Morgan fingerprint density at radius 1 is 1.21 bits per heavy atom. The molecule has 2 aromatic rings. The summed E-state index contributed by atoms with van der Waals surface area (Å²) in [6.45, 7) is 9.62. The highest BCUT2D eigenvalue weighted by molar-refractivity contribution is 7.11. The lowest BCUT2D eigenvalue weighted by Gasteiger charge is -2.08. The average molecular weight is 274 g/mol. The number of hydrogen-bond acceptors (Lipinski definition) is 3. The minimum absolute atomic E-state index is 0.399. The number of aromatic nitrogens is 1. The van der Waals surface area contributed by atoms with Crippen LogP contribution < -0.4 is 5.32 Å². The van der Waals surface area contributed by atoms with E-state index in [1.54, 1.807) is 0 Å². The molecule has 1 aromatic carbocycles. The predicted molar refractivity (Wildman–Crippen MR) is 82.9 cm³/mol. The summed E-state index contributed by atoms with van der Waals surface area (Å²) in [4.78, 5) is 5.87. The summed E-state index contributed by atoms with van der Waals surface area (Å²) in [5, 5.41) is 4.63. The third-order valence-electron chi connectivity index (χ3n) is 3.15. The molecular weight excluding hydrogens is 252 g/mol. The van der Waals surface area contributed by atoms with Gasteiger partial charge in [0, 0.05) is 23.5 Å². The van der Waals surface area contributed by atoms with Gasteiger partial charge in [-0.1, -0.05) is 36.2 Å². The Bertz CT molecular complexity index is 525. The number of aryl methyl sites for hydroxylation is 2. The molecule has 2 rings (SSSR count). The molecule has 0 saturated carbocycles. The molecule has 1 aromatic heterocycles. The molecule has 1 N–H and O–H groups in total. The largest absolute Gasteiger partial charge is 0.310 e. The number of hydrogen-bond donors (Lipinski definition) is 1. The van der Waals surface area contributed by atoms with Gasteiger partial charge >= 0.3 is 0 Å². The van der Waals surface area contributed by atoms with Gasteiger partial charge < -0.3 is 5.32 Å². The van der Waals surface area contributed by atoms with Gasteiger partial charge in [0.2, 0.25) is 0 Å². The summed E-state index contributed by atoms with van der Waals surface area (Å²) in [7, 11) is 0. The van der Waals surface area contributed by atoms with Gasteiger partial charge in [-0.25, -0.2) is 4.98 Å². The Kier molecular flexibility index (Phi) is 4.72. The van der Waals surface area contributed by atoms with Gasteiger partial charge in [-0.2, -0.15) is 0 Å². The Labute approximate surface area is 119 Å². The quantitative estimate of drug-likeness (QED) is 0.890. The molecule has 1 heterocycles. The first-order valence-electron chi connectivity index (χ1n) is 6.83. The topological polar surface area (TPSA) is 24.9 Å². The van der Waals surface area contributed by atoms with Gasteiger partial charge in [0.05, 0.1) is 5.01 Å². The standard InChI is InChI=1S/C16H22N2S/c1-5-17-13(4)15-10-18-16(19-15)9-14-7-11(2)6-12(3)8-14/h6-8,10,13,17H,5,9H2,1-4H3. The molecule has 0 aliphatic carbocycles. The first-order valence-corrected chi connectivity index (χ1v) is 7.65. The first kappa shape index (κ1) is 14.2. The molecule has 102 valence electrons. The van der Waals surface area contributed by atoms with Gasteiger partial charge in [0.15, 0.2) is 0 Å². The van der Waals surface area contributed by atoms with Crippen molar-refractivity contribution in [3.05, 3.63) is 51.0 Å². The highest BCUT2D eigenvalue weighted by Gasteiger charge is 2.09. The second kappa shape index (κ2) is 6.31. The molecule has 0 fully saturated rings. The number of nitrogens with one attached hydrogen (secondary N) is 1. The summed E-state index contributed by atoms with van der Waals surface area (Å²) >= 11 is 1.81. The first-order chi connectivity index (χ1) is 9.08. The van der Waals surface area contributed by atoms with Crippen molar-refractivity contribution in [2.75, 3.05) is 6.54 Å². The SMILES string of the molecule is CCNC(C)c1cnc(Cc2cc(C)cc(C)c2)s1. The number of nitrogens with zero attached hydrogens (tertiary/aromatic N) is 1. The summed E-state index contributed by atoms with van der Waals surface area (Å²) in [6, 6.07) is 7.11. The van der Waals surface area contributed by atoms with Crippen LogP contribution >= 0.6 is 11.3 Å². The fraction of sp³-hybridized carbons (Fsp3) is 0.438. The second-order valence-corrected chi connectivity index (χ2v) is 6.26. The minimum atomic E-state index is 0.399. The third-order valence-corrected chi connectivity index (χ3v) is 4.33. The van der Waals surface area contributed by atoms with Crippen molar-refractivity contribution in [3.8, 4) is 0 Å². The Hall–Kier alpha value is -1.19. The van der Waals surface area contributed by atoms with E-state index < -0.39 is 0 Å². The molecule has 1 atom stereocenters. The maximum absolute atomic E-state index is 4.55. The van der Waals surface area contributed by atoms with Crippen LogP contribution in [0.25, 0.3) is 0 Å². The molecule has 0 amide bonds. The van der Waals surface area contributed by atoms with Gasteiger partial charge in [-0.05, 0) is 32.9 Å². The van der Waals surface area contributed by atoms with Crippen LogP contribution in [0.1, 0.15) is 46.5 Å². The third kappa shape index (κ3) is 3.88. The van der Waals surface area contributed by atoms with Crippen LogP contribution in [0.15, 0.2) is 24.4 Å². The van der Waals surface area contributed by atoms with E-state index in [0.29, 0.717) is 6.04 Å². The van der Waals surface area contributed by atoms with Gasteiger partial charge in [0.1, 0.15) is 0 Å². The molecule has 2 nitrogen and oxygen atoms in total.